The molecule has 2 atom stereocenters. The van der Waals surface area contributed by atoms with Gasteiger partial charge in [0.1, 0.15) is 6.04 Å². The lowest BCUT2D eigenvalue weighted by Gasteiger charge is -2.28. The van der Waals surface area contributed by atoms with Crippen LogP contribution in [0.5, 0.6) is 0 Å². The Hall–Kier alpha value is -2.44. The van der Waals surface area contributed by atoms with E-state index >= 15 is 0 Å². The van der Waals surface area contributed by atoms with Crippen molar-refractivity contribution in [3.05, 3.63) is 53.5 Å². The van der Waals surface area contributed by atoms with E-state index in [4.69, 9.17) is 4.98 Å². The number of rotatable bonds is 5. The predicted molar refractivity (Wildman–Crippen MR) is 123 cm³/mol. The lowest BCUT2D eigenvalue weighted by Crippen LogP contribution is -3.11. The van der Waals surface area contributed by atoms with Crippen LogP contribution >= 0.6 is 11.3 Å². The molecule has 2 fully saturated rings. The van der Waals surface area contributed by atoms with Gasteiger partial charge in [-0.05, 0) is 55.7 Å². The van der Waals surface area contributed by atoms with Crippen LogP contribution in [0.4, 0.5) is 11.4 Å². The highest BCUT2D eigenvalue weighted by Gasteiger charge is 2.34. The largest absolute Gasteiger partial charge is 0.372 e. The van der Waals surface area contributed by atoms with E-state index in [1.807, 2.05) is 18.2 Å². The summed E-state index contributed by atoms with van der Waals surface area (Å²) in [6, 6.07) is 17.0. The van der Waals surface area contributed by atoms with Gasteiger partial charge in [-0.25, -0.2) is 4.98 Å². The number of carbonyl (C=O) groups excluding carboxylic acids is 1. The van der Waals surface area contributed by atoms with Crippen molar-refractivity contribution in [3.8, 4) is 0 Å². The Balaban J connectivity index is 1.21. The molecule has 0 aliphatic carbocycles. The molecule has 3 aromatic rings. The molecule has 2 aliphatic heterocycles. The molecule has 0 spiro atoms. The van der Waals surface area contributed by atoms with E-state index in [2.05, 4.69) is 40.5 Å². The van der Waals surface area contributed by atoms with Gasteiger partial charge < -0.3 is 15.1 Å². The van der Waals surface area contributed by atoms with E-state index in [0.717, 1.165) is 43.7 Å². The maximum atomic E-state index is 12.7. The van der Waals surface area contributed by atoms with Gasteiger partial charge in [0, 0.05) is 37.3 Å². The third kappa shape index (κ3) is 4.20. The van der Waals surface area contributed by atoms with Crippen molar-refractivity contribution in [1.29, 1.82) is 0 Å². The highest BCUT2D eigenvalue weighted by atomic mass is 32.1. The number of quaternary nitrogens is 1. The average Bonchev–Trinajstić information content (AvgIpc) is 3.41. The summed E-state index contributed by atoms with van der Waals surface area (Å²) in [7, 11) is 0. The molecule has 2 aromatic carbocycles. The van der Waals surface area contributed by atoms with Crippen LogP contribution in [0.1, 0.15) is 43.2 Å². The first-order valence-electron chi connectivity index (χ1n) is 11.1. The number of aromatic nitrogens is 1. The van der Waals surface area contributed by atoms with Gasteiger partial charge >= 0.3 is 0 Å². The SMILES string of the molecule is O=C(C[NH+]1CCC[C@@H]1c1nc2ccccc2s1)Nc1ccc(N2CCCCC2)cc1. The summed E-state index contributed by atoms with van der Waals surface area (Å²) in [5.74, 6) is 0.0868. The zero-order chi connectivity index (χ0) is 20.3. The number of hydrogen-bond donors (Lipinski definition) is 2. The quantitative estimate of drug-likeness (QED) is 0.661. The van der Waals surface area contributed by atoms with Crippen LogP contribution in [0.25, 0.3) is 10.2 Å². The highest BCUT2D eigenvalue weighted by Crippen LogP contribution is 2.28. The summed E-state index contributed by atoms with van der Waals surface area (Å²) in [6.45, 7) is 3.80. The standard InChI is InChI=1S/C24H28N4OS/c29-23(25-18-10-12-19(13-11-18)27-14-4-1-5-15-27)17-28-16-6-8-21(28)24-26-20-7-2-3-9-22(20)30-24/h2-3,7,9-13,21H,1,4-6,8,14-17H2,(H,25,29)/p+1/t21-/m1/s1. The molecule has 5 nitrogen and oxygen atoms in total. The second kappa shape index (κ2) is 8.74. The summed E-state index contributed by atoms with van der Waals surface area (Å²) in [5.41, 5.74) is 3.21. The molecule has 2 aliphatic rings. The fourth-order valence-electron chi connectivity index (χ4n) is 4.78. The van der Waals surface area contributed by atoms with Crippen LogP contribution < -0.4 is 15.1 Å². The van der Waals surface area contributed by atoms with E-state index in [-0.39, 0.29) is 5.91 Å². The number of likely N-dealkylation sites (tertiary alicyclic amines) is 1. The van der Waals surface area contributed by atoms with E-state index < -0.39 is 0 Å². The van der Waals surface area contributed by atoms with Gasteiger partial charge in [0.2, 0.25) is 0 Å². The first-order valence-corrected chi connectivity index (χ1v) is 11.9. The number of nitrogens with zero attached hydrogens (tertiary/aromatic N) is 2. The molecular weight excluding hydrogens is 392 g/mol. The molecule has 2 saturated heterocycles. The van der Waals surface area contributed by atoms with Gasteiger partial charge in [0.15, 0.2) is 11.6 Å². The second-order valence-corrected chi connectivity index (χ2v) is 9.50. The monoisotopic (exact) mass is 421 g/mol. The van der Waals surface area contributed by atoms with Crippen LogP contribution in [-0.4, -0.2) is 37.1 Å². The molecule has 0 saturated carbocycles. The predicted octanol–water partition coefficient (Wildman–Crippen LogP) is 3.65. The molecule has 5 rings (SSSR count). The highest BCUT2D eigenvalue weighted by molar-refractivity contribution is 7.18. The summed E-state index contributed by atoms with van der Waals surface area (Å²) < 4.78 is 1.23. The summed E-state index contributed by atoms with van der Waals surface area (Å²) in [6.07, 6.45) is 6.13. The van der Waals surface area contributed by atoms with E-state index in [9.17, 15) is 4.79 Å². The summed E-state index contributed by atoms with van der Waals surface area (Å²) in [4.78, 5) is 21.4. The zero-order valence-electron chi connectivity index (χ0n) is 17.3. The summed E-state index contributed by atoms with van der Waals surface area (Å²) >= 11 is 1.78. The van der Waals surface area contributed by atoms with E-state index in [0.29, 0.717) is 12.6 Å². The second-order valence-electron chi connectivity index (χ2n) is 8.44. The van der Waals surface area contributed by atoms with Crippen LogP contribution in [0.2, 0.25) is 0 Å². The number of fused-ring (bicyclic) bond motifs is 1. The Morgan fingerprint density at radius 2 is 1.87 bits per heavy atom. The number of amides is 1. The van der Waals surface area contributed by atoms with Crippen molar-refractivity contribution in [2.24, 2.45) is 0 Å². The molecule has 1 aromatic heterocycles. The van der Waals surface area contributed by atoms with Crippen molar-refractivity contribution in [2.45, 2.75) is 38.1 Å². The van der Waals surface area contributed by atoms with Crippen molar-refractivity contribution in [1.82, 2.24) is 4.98 Å². The van der Waals surface area contributed by atoms with Gasteiger partial charge in [-0.15, -0.1) is 11.3 Å². The maximum Gasteiger partial charge on any atom is 0.279 e. The van der Waals surface area contributed by atoms with Crippen LogP contribution in [0, 0.1) is 0 Å². The van der Waals surface area contributed by atoms with Crippen molar-refractivity contribution < 1.29 is 9.69 Å². The van der Waals surface area contributed by atoms with Gasteiger partial charge in [-0.1, -0.05) is 12.1 Å². The number of para-hydroxylation sites is 1. The minimum Gasteiger partial charge on any atom is -0.372 e. The third-order valence-electron chi connectivity index (χ3n) is 6.35. The molecule has 3 heterocycles. The number of piperidine rings is 1. The Morgan fingerprint density at radius 3 is 2.67 bits per heavy atom. The fraction of sp³-hybridized carbons (Fsp3) is 0.417. The van der Waals surface area contributed by atoms with Crippen molar-refractivity contribution in [2.75, 3.05) is 36.4 Å². The van der Waals surface area contributed by atoms with Gasteiger partial charge in [-0.2, -0.15) is 0 Å². The van der Waals surface area contributed by atoms with E-state index in [1.165, 1.54) is 39.6 Å². The van der Waals surface area contributed by atoms with Gasteiger partial charge in [0.05, 0.1) is 16.8 Å². The van der Waals surface area contributed by atoms with Crippen molar-refractivity contribution in [3.63, 3.8) is 0 Å². The smallest absolute Gasteiger partial charge is 0.279 e. The molecule has 30 heavy (non-hydrogen) atoms. The average molecular weight is 422 g/mol. The Labute approximate surface area is 181 Å². The normalized spacial score (nSPS) is 21.8. The molecule has 0 radical (unpaired) electrons. The maximum absolute atomic E-state index is 12.7. The fourth-order valence-corrected chi connectivity index (χ4v) is 5.94. The number of thiazole rings is 1. The number of hydrogen-bond acceptors (Lipinski definition) is 4. The molecule has 6 heteroatoms. The molecule has 0 bridgehead atoms. The van der Waals surface area contributed by atoms with Crippen LogP contribution in [0.3, 0.4) is 0 Å². The van der Waals surface area contributed by atoms with E-state index in [1.54, 1.807) is 11.3 Å². The molecule has 1 amide bonds. The van der Waals surface area contributed by atoms with Gasteiger partial charge in [-0.3, -0.25) is 4.79 Å². The van der Waals surface area contributed by atoms with Crippen LogP contribution in [-0.2, 0) is 4.79 Å². The molecule has 1 unspecified atom stereocenters. The Morgan fingerprint density at radius 1 is 1.07 bits per heavy atom. The van der Waals surface area contributed by atoms with Crippen molar-refractivity contribution >= 4 is 38.8 Å². The molecular formula is C24H29N4OS+. The van der Waals surface area contributed by atoms with Crippen LogP contribution in [0.15, 0.2) is 48.5 Å². The number of carbonyl (C=O) groups is 1. The zero-order valence-corrected chi connectivity index (χ0v) is 18.1. The first kappa shape index (κ1) is 19.5. The molecule has 2 N–H and O–H groups in total. The van der Waals surface area contributed by atoms with Gasteiger partial charge in [0.25, 0.3) is 5.91 Å². The third-order valence-corrected chi connectivity index (χ3v) is 7.50. The number of nitrogens with one attached hydrogen (secondary N) is 2. The minimum atomic E-state index is 0.0868. The lowest BCUT2D eigenvalue weighted by atomic mass is 10.1. The number of anilines is 2. The minimum absolute atomic E-state index is 0.0868. The molecule has 156 valence electrons. The first-order chi connectivity index (χ1) is 14.8. The topological polar surface area (TPSA) is 49.7 Å². The number of benzene rings is 2. The lowest BCUT2D eigenvalue weighted by molar-refractivity contribution is -0.910. The summed E-state index contributed by atoms with van der Waals surface area (Å²) in [5, 5.41) is 4.27. The Bertz CT molecular complexity index is 976. The Kier molecular flexibility index (Phi) is 5.69.